The minimum absolute atomic E-state index is 0.134. The molecule has 96 heavy (non-hydrogen) atoms. The van der Waals surface area contributed by atoms with Crippen LogP contribution in [-0.2, 0) is 0 Å². The van der Waals surface area contributed by atoms with Crippen molar-refractivity contribution in [2.75, 3.05) is 0 Å². The van der Waals surface area contributed by atoms with E-state index < -0.39 is 0 Å². The molecular formula is C86H50N8O2. The second-order valence-corrected chi connectivity index (χ2v) is 24.7. The Morgan fingerprint density at radius 3 is 1.15 bits per heavy atom. The van der Waals surface area contributed by atoms with Gasteiger partial charge in [0, 0.05) is 81.8 Å². The van der Waals surface area contributed by atoms with E-state index in [0.29, 0.717) is 22.7 Å². The number of benzene rings is 14. The number of hydrogen-bond acceptors (Lipinski definition) is 6. The Kier molecular flexibility index (Phi) is 11.5. The van der Waals surface area contributed by atoms with Crippen molar-refractivity contribution in [1.29, 1.82) is 0 Å². The number of fused-ring (bicyclic) bond motifs is 22. The zero-order chi connectivity index (χ0) is 63.3. The van der Waals surface area contributed by atoms with Crippen LogP contribution in [0.2, 0.25) is 0 Å². The lowest BCUT2D eigenvalue weighted by Gasteiger charge is -2.18. The van der Waals surface area contributed by atoms with E-state index in [9.17, 15) is 0 Å². The molecule has 10 nitrogen and oxygen atoms in total. The summed E-state index contributed by atoms with van der Waals surface area (Å²) in [6, 6.07) is 103. The normalized spacial score (nSPS) is 12.0. The summed E-state index contributed by atoms with van der Waals surface area (Å²) < 4.78 is 8.02. The first kappa shape index (κ1) is 53.5. The molecule has 0 amide bonds. The number of aromatic nitrogens is 8. The summed E-state index contributed by atoms with van der Waals surface area (Å²) in [7, 11) is 0. The van der Waals surface area contributed by atoms with Crippen molar-refractivity contribution in [3.63, 3.8) is 0 Å². The molecule has 6 heterocycles. The minimum atomic E-state index is -0.136. The van der Waals surface area contributed by atoms with Crippen LogP contribution >= 0.6 is 0 Å². The Morgan fingerprint density at radius 2 is 0.594 bits per heavy atom. The average molecular weight is 1230 g/mol. The zero-order valence-corrected chi connectivity index (χ0v) is 51.3. The van der Waals surface area contributed by atoms with E-state index in [-0.39, 0.29) is 11.1 Å². The van der Waals surface area contributed by atoms with Crippen molar-refractivity contribution in [2.24, 2.45) is 0 Å². The fourth-order valence-electron chi connectivity index (χ4n) is 15.5. The fourth-order valence-corrected chi connectivity index (χ4v) is 15.5. The number of pyridine rings is 2. The summed E-state index contributed by atoms with van der Waals surface area (Å²) in [5.41, 5.74) is 13.0. The lowest BCUT2D eigenvalue weighted by Crippen LogP contribution is -2.20. The molecule has 0 spiro atoms. The Morgan fingerprint density at radius 1 is 0.219 bits per heavy atom. The third-order valence-electron chi connectivity index (χ3n) is 19.5. The van der Waals surface area contributed by atoms with Crippen molar-refractivity contribution in [2.45, 2.75) is 0 Å². The van der Waals surface area contributed by atoms with Crippen LogP contribution in [0.25, 0.3) is 187 Å². The average Bonchev–Trinajstić information content (AvgIpc) is 1.44. The lowest BCUT2D eigenvalue weighted by molar-refractivity contribution is 1.01. The third-order valence-corrected chi connectivity index (χ3v) is 19.5. The van der Waals surface area contributed by atoms with Gasteiger partial charge in [0.05, 0.1) is 66.3 Å². The van der Waals surface area contributed by atoms with Crippen molar-refractivity contribution in [3.8, 4) is 56.9 Å². The van der Waals surface area contributed by atoms with Gasteiger partial charge in [-0.2, -0.15) is 0 Å². The summed E-state index contributed by atoms with van der Waals surface area (Å²) in [5.74, 6) is 0.932. The molecule has 0 unspecified atom stereocenters. The molecule has 10 heteroatoms. The van der Waals surface area contributed by atoms with Gasteiger partial charge >= 0.3 is 0 Å². The van der Waals surface area contributed by atoms with Gasteiger partial charge in [0.1, 0.15) is 0 Å². The van der Waals surface area contributed by atoms with Gasteiger partial charge in [0.2, 0.25) is 11.9 Å². The highest BCUT2D eigenvalue weighted by molar-refractivity contribution is 6.37. The maximum atomic E-state index is 16.3. The molecule has 0 saturated carbocycles. The van der Waals surface area contributed by atoms with Crippen LogP contribution in [0, 0.1) is 0 Å². The molecule has 14 aromatic carbocycles. The standard InChI is InChI=1S/C86H50N8O2/c95-83-77-74(62-37-17-22-42-70(62)91(83)55-29-9-3-10-30-55)65-49-53(45-47-59(65)81-76(77)64-39-19-24-44-72(64)93(81)85-87-67-40-20-15-35-60(67)79(89-85)51-25-5-1-6-26-51)54-46-48-68-66(50-54)80(52-27-7-2-8-28-52)90-86(88-68)94-71-43-23-18-38-63(71)75-58-34-14-13-33-57(58)73-61-36-16-21-41-69(61)92(56-31-11-4-12-32-56)84(96)78(73)82(75)94/h1-50H. The molecule has 0 atom stereocenters. The van der Waals surface area contributed by atoms with Crippen LogP contribution in [0.5, 0.6) is 0 Å². The maximum absolute atomic E-state index is 16.3. The summed E-state index contributed by atoms with van der Waals surface area (Å²) >= 11 is 0. The molecule has 0 saturated heterocycles. The van der Waals surface area contributed by atoms with Gasteiger partial charge in [0.15, 0.2) is 0 Å². The maximum Gasteiger partial charge on any atom is 0.265 e. The van der Waals surface area contributed by atoms with Crippen LogP contribution in [0.3, 0.4) is 0 Å². The molecule has 0 bridgehead atoms. The Hall–Kier alpha value is -13.2. The second kappa shape index (κ2) is 20.7. The zero-order valence-electron chi connectivity index (χ0n) is 51.3. The largest absolute Gasteiger partial charge is 0.277 e. The number of para-hydroxylation sites is 7. The van der Waals surface area contributed by atoms with Crippen LogP contribution in [0.15, 0.2) is 313 Å². The van der Waals surface area contributed by atoms with E-state index in [2.05, 4.69) is 161 Å². The van der Waals surface area contributed by atoms with Gasteiger partial charge in [-0.05, 0) is 100 Å². The lowest BCUT2D eigenvalue weighted by atomic mass is 9.91. The third kappa shape index (κ3) is 7.69. The Bertz CT molecular complexity index is 6860. The fraction of sp³-hybridized carbons (Fsp3) is 0. The summed E-state index contributed by atoms with van der Waals surface area (Å²) in [6.07, 6.45) is 0. The highest BCUT2D eigenvalue weighted by atomic mass is 16.1. The summed E-state index contributed by atoms with van der Waals surface area (Å²) in [6.45, 7) is 0. The molecule has 0 fully saturated rings. The van der Waals surface area contributed by atoms with Crippen molar-refractivity contribution >= 4 is 130 Å². The van der Waals surface area contributed by atoms with E-state index in [1.165, 1.54) is 0 Å². The first-order chi connectivity index (χ1) is 47.5. The van der Waals surface area contributed by atoms with Gasteiger partial charge in [-0.1, -0.05) is 231 Å². The van der Waals surface area contributed by atoms with E-state index >= 15 is 9.59 Å². The monoisotopic (exact) mass is 1230 g/mol. The molecule has 0 aliphatic rings. The molecule has 20 rings (SSSR count). The molecule has 0 N–H and O–H groups in total. The quantitative estimate of drug-likeness (QED) is 0.147. The summed E-state index contributed by atoms with van der Waals surface area (Å²) in [5, 5.41) is 14.1. The van der Waals surface area contributed by atoms with E-state index in [4.69, 9.17) is 19.9 Å². The van der Waals surface area contributed by atoms with Gasteiger partial charge in [-0.25, -0.2) is 19.9 Å². The molecule has 0 aliphatic carbocycles. The highest BCUT2D eigenvalue weighted by Crippen LogP contribution is 2.47. The molecule has 446 valence electrons. The van der Waals surface area contributed by atoms with Gasteiger partial charge < -0.3 is 0 Å². The smallest absolute Gasteiger partial charge is 0.265 e. The van der Waals surface area contributed by atoms with Crippen LogP contribution in [-0.4, -0.2) is 38.2 Å². The van der Waals surface area contributed by atoms with Crippen LogP contribution in [0.4, 0.5) is 0 Å². The molecule has 6 aromatic heterocycles. The highest BCUT2D eigenvalue weighted by Gasteiger charge is 2.29. The van der Waals surface area contributed by atoms with Gasteiger partial charge in [0.25, 0.3) is 11.1 Å². The molecular weight excluding hydrogens is 1180 g/mol. The Labute approximate surface area is 546 Å². The second-order valence-electron chi connectivity index (χ2n) is 24.7. The van der Waals surface area contributed by atoms with Crippen molar-refractivity contribution in [1.82, 2.24) is 38.2 Å². The van der Waals surface area contributed by atoms with Gasteiger partial charge in [-0.3, -0.25) is 27.9 Å². The first-order valence-electron chi connectivity index (χ1n) is 32.2. The predicted molar refractivity (Wildman–Crippen MR) is 394 cm³/mol. The minimum Gasteiger partial charge on any atom is -0.277 e. The molecule has 0 aliphatic heterocycles. The predicted octanol–water partition coefficient (Wildman–Crippen LogP) is 20.0. The Balaban J connectivity index is 0.876. The number of rotatable bonds is 7. The SMILES string of the molecule is O=c1c2c(c3cc(-c4ccc5nc(-n6c7ccccc7c7c8ccccc8c8c9ccccc9n(-c9ccccc9)c(=O)c8c76)nc(-c6ccccc6)c5c4)ccc3c3c2c2ccccc2n3-c2nc(-c3ccccc3)c3ccccc3n2)c2ccccc2n1-c1ccccc1. The molecule has 0 radical (unpaired) electrons. The van der Waals surface area contributed by atoms with Crippen molar-refractivity contribution < 1.29 is 0 Å². The van der Waals surface area contributed by atoms with E-state index in [0.717, 1.165) is 165 Å². The van der Waals surface area contributed by atoms with Crippen LogP contribution in [0.1, 0.15) is 0 Å². The molecule has 20 aromatic rings. The first-order valence-corrected chi connectivity index (χ1v) is 32.2. The van der Waals surface area contributed by atoms with E-state index in [1.54, 1.807) is 0 Å². The number of hydrogen-bond donors (Lipinski definition) is 0. The number of nitrogens with zero attached hydrogens (tertiary/aromatic N) is 8. The van der Waals surface area contributed by atoms with Crippen LogP contribution < -0.4 is 11.1 Å². The van der Waals surface area contributed by atoms with E-state index in [1.807, 2.05) is 161 Å². The van der Waals surface area contributed by atoms with Gasteiger partial charge in [-0.15, -0.1) is 0 Å². The van der Waals surface area contributed by atoms with Crippen molar-refractivity contribution in [3.05, 3.63) is 324 Å². The summed E-state index contributed by atoms with van der Waals surface area (Å²) in [4.78, 5) is 54.5. The topological polar surface area (TPSA) is 105 Å².